The molecular weight excluding hydrogens is 252 g/mol. The van der Waals surface area contributed by atoms with E-state index >= 15 is 0 Å². The molecule has 0 amide bonds. The number of carbonyl (C=O) groups excluding carboxylic acids is 1. The van der Waals surface area contributed by atoms with E-state index in [9.17, 15) is 4.79 Å². The van der Waals surface area contributed by atoms with E-state index in [1.807, 2.05) is 0 Å². The Morgan fingerprint density at radius 2 is 1.63 bits per heavy atom. The number of benzene rings is 1. The molecule has 0 aliphatic rings. The van der Waals surface area contributed by atoms with Crippen LogP contribution >= 0.6 is 0 Å². The highest BCUT2D eigenvalue weighted by Gasteiger charge is 2.18. The number of hydrogen-bond acceptors (Lipinski definition) is 6. The zero-order chi connectivity index (χ0) is 14.3. The van der Waals surface area contributed by atoms with Crippen molar-refractivity contribution < 1.29 is 28.5 Å². The highest BCUT2D eigenvalue weighted by Crippen LogP contribution is 2.37. The van der Waals surface area contributed by atoms with Gasteiger partial charge in [0.1, 0.15) is 17.2 Å². The second kappa shape index (κ2) is 7.60. The van der Waals surface area contributed by atoms with Crippen molar-refractivity contribution in [3.8, 4) is 17.2 Å². The van der Waals surface area contributed by atoms with Crippen LogP contribution < -0.4 is 14.2 Å². The Labute approximate surface area is 112 Å². The molecule has 0 N–H and O–H groups in total. The smallest absolute Gasteiger partial charge is 0.188 e. The Balaban J connectivity index is 3.22. The van der Waals surface area contributed by atoms with Gasteiger partial charge in [-0.2, -0.15) is 0 Å². The van der Waals surface area contributed by atoms with Gasteiger partial charge in [0.15, 0.2) is 19.9 Å². The van der Waals surface area contributed by atoms with E-state index in [2.05, 4.69) is 0 Å². The van der Waals surface area contributed by atoms with Crippen molar-refractivity contribution in [2.24, 2.45) is 0 Å². The Bertz CT molecular complexity index is 430. The molecule has 19 heavy (non-hydrogen) atoms. The van der Waals surface area contributed by atoms with Crippen LogP contribution in [0.2, 0.25) is 0 Å². The van der Waals surface area contributed by atoms with E-state index in [0.717, 1.165) is 0 Å². The third-order valence-corrected chi connectivity index (χ3v) is 2.47. The fourth-order valence-electron chi connectivity index (χ4n) is 1.62. The molecular formula is C13H18O6. The molecule has 1 aromatic carbocycles. The molecule has 0 spiro atoms. The summed E-state index contributed by atoms with van der Waals surface area (Å²) in [7, 11) is 4.50. The predicted octanol–water partition coefficient (Wildman–Crippen LogP) is 1.78. The minimum atomic E-state index is 0.0246. The maximum absolute atomic E-state index is 11.2. The third-order valence-electron chi connectivity index (χ3n) is 2.47. The van der Waals surface area contributed by atoms with Crippen LogP contribution in [0.5, 0.6) is 17.2 Å². The number of carbonyl (C=O) groups is 1. The molecule has 0 heterocycles. The molecule has 6 heteroatoms. The van der Waals surface area contributed by atoms with Crippen LogP contribution in [-0.4, -0.2) is 41.2 Å². The second-order valence-corrected chi connectivity index (χ2v) is 3.66. The molecule has 0 aromatic heterocycles. The van der Waals surface area contributed by atoms with Crippen LogP contribution in [0.4, 0.5) is 0 Å². The quantitative estimate of drug-likeness (QED) is 0.530. The molecule has 1 aromatic rings. The molecule has 0 bridgehead atoms. The summed E-state index contributed by atoms with van der Waals surface area (Å²) in [6.07, 6.45) is 0.678. The van der Waals surface area contributed by atoms with Gasteiger partial charge in [-0.1, -0.05) is 0 Å². The van der Waals surface area contributed by atoms with E-state index in [0.29, 0.717) is 34.7 Å². The Kier molecular flexibility index (Phi) is 6.11. The van der Waals surface area contributed by atoms with Gasteiger partial charge in [0.25, 0.3) is 0 Å². The van der Waals surface area contributed by atoms with Crippen molar-refractivity contribution in [1.82, 2.24) is 0 Å². The lowest BCUT2D eigenvalue weighted by molar-refractivity contribution is 0.0450. The molecule has 0 atom stereocenters. The molecule has 0 fully saturated rings. The van der Waals surface area contributed by atoms with E-state index in [1.165, 1.54) is 21.3 Å². The van der Waals surface area contributed by atoms with Crippen LogP contribution in [-0.2, 0) is 9.47 Å². The third kappa shape index (κ3) is 3.59. The lowest BCUT2D eigenvalue weighted by Gasteiger charge is -2.17. The number of methoxy groups -OCH3 is 3. The van der Waals surface area contributed by atoms with Crippen LogP contribution in [0.3, 0.4) is 0 Å². The zero-order valence-electron chi connectivity index (χ0n) is 11.5. The maximum atomic E-state index is 11.2. The summed E-state index contributed by atoms with van der Waals surface area (Å²) >= 11 is 0. The van der Waals surface area contributed by atoms with E-state index < -0.39 is 0 Å². The van der Waals surface area contributed by atoms with Crippen LogP contribution in [0, 0.1) is 6.92 Å². The average Bonchev–Trinajstić information content (AvgIpc) is 2.43. The summed E-state index contributed by atoms with van der Waals surface area (Å²) in [6.45, 7) is 1.90. The first kappa shape index (κ1) is 15.3. The first-order chi connectivity index (χ1) is 9.19. The molecule has 0 saturated carbocycles. The van der Waals surface area contributed by atoms with Crippen LogP contribution in [0.25, 0.3) is 0 Å². The maximum Gasteiger partial charge on any atom is 0.188 e. The molecule has 106 valence electrons. The van der Waals surface area contributed by atoms with Crippen molar-refractivity contribution in [3.63, 3.8) is 0 Å². The summed E-state index contributed by atoms with van der Waals surface area (Å²) in [5.74, 6) is 1.27. The van der Waals surface area contributed by atoms with Gasteiger partial charge < -0.3 is 23.7 Å². The molecule has 0 aliphatic heterocycles. The summed E-state index contributed by atoms with van der Waals surface area (Å²) in [4.78, 5) is 11.2. The van der Waals surface area contributed by atoms with E-state index in [4.69, 9.17) is 23.7 Å². The lowest BCUT2D eigenvalue weighted by Crippen LogP contribution is -2.07. The van der Waals surface area contributed by atoms with Gasteiger partial charge in [-0.05, 0) is 6.92 Å². The predicted molar refractivity (Wildman–Crippen MR) is 68.1 cm³/mol. The number of rotatable bonds is 8. The van der Waals surface area contributed by atoms with Gasteiger partial charge in [0, 0.05) is 25.8 Å². The van der Waals surface area contributed by atoms with Crippen molar-refractivity contribution in [2.45, 2.75) is 6.92 Å². The van der Waals surface area contributed by atoms with Crippen LogP contribution in [0.15, 0.2) is 6.07 Å². The Hall–Kier alpha value is -1.79. The zero-order valence-corrected chi connectivity index (χ0v) is 11.5. The highest BCUT2D eigenvalue weighted by molar-refractivity contribution is 5.85. The standard InChI is InChI=1S/C13H18O6/c1-9-11(18-7-15-2)5-12(19-8-16-3)10(6-14)13(9)17-4/h5-6H,7-8H2,1-4H3. The van der Waals surface area contributed by atoms with Gasteiger partial charge in [-0.25, -0.2) is 0 Å². The molecule has 0 radical (unpaired) electrons. The minimum Gasteiger partial charge on any atom is -0.495 e. The molecule has 0 aliphatic carbocycles. The number of ether oxygens (including phenoxy) is 5. The Morgan fingerprint density at radius 1 is 1.05 bits per heavy atom. The van der Waals surface area contributed by atoms with Crippen molar-refractivity contribution in [1.29, 1.82) is 0 Å². The molecule has 6 nitrogen and oxygen atoms in total. The largest absolute Gasteiger partial charge is 0.495 e. The Morgan fingerprint density at radius 3 is 2.11 bits per heavy atom. The summed E-state index contributed by atoms with van der Waals surface area (Å²) in [6, 6.07) is 1.61. The highest BCUT2D eigenvalue weighted by atomic mass is 16.7. The SMILES string of the molecule is COCOc1cc(OCOC)c(C=O)c(OC)c1C. The van der Waals surface area contributed by atoms with Gasteiger partial charge in [0.2, 0.25) is 0 Å². The second-order valence-electron chi connectivity index (χ2n) is 3.66. The summed E-state index contributed by atoms with van der Waals surface area (Å²) in [5.41, 5.74) is 1.02. The summed E-state index contributed by atoms with van der Waals surface area (Å²) in [5, 5.41) is 0. The van der Waals surface area contributed by atoms with Crippen molar-refractivity contribution in [2.75, 3.05) is 34.9 Å². The fourth-order valence-corrected chi connectivity index (χ4v) is 1.62. The van der Waals surface area contributed by atoms with Gasteiger partial charge in [0.05, 0.1) is 12.7 Å². The molecule has 0 unspecified atom stereocenters. The van der Waals surface area contributed by atoms with Crippen LogP contribution in [0.1, 0.15) is 15.9 Å². The monoisotopic (exact) mass is 270 g/mol. The van der Waals surface area contributed by atoms with E-state index in [1.54, 1.807) is 13.0 Å². The normalized spacial score (nSPS) is 10.1. The summed E-state index contributed by atoms with van der Waals surface area (Å²) < 4.78 is 25.7. The first-order valence-electron chi connectivity index (χ1n) is 5.59. The first-order valence-corrected chi connectivity index (χ1v) is 5.59. The molecule has 0 saturated heterocycles. The van der Waals surface area contributed by atoms with Gasteiger partial charge in [-0.15, -0.1) is 0 Å². The number of hydrogen-bond donors (Lipinski definition) is 0. The minimum absolute atomic E-state index is 0.0246. The molecule has 1 rings (SSSR count). The van der Waals surface area contributed by atoms with Gasteiger partial charge >= 0.3 is 0 Å². The topological polar surface area (TPSA) is 63.2 Å². The average molecular weight is 270 g/mol. The van der Waals surface area contributed by atoms with Gasteiger partial charge in [-0.3, -0.25) is 4.79 Å². The number of aldehydes is 1. The van der Waals surface area contributed by atoms with Crippen molar-refractivity contribution in [3.05, 3.63) is 17.2 Å². The van der Waals surface area contributed by atoms with E-state index in [-0.39, 0.29) is 13.6 Å². The fraction of sp³-hybridized carbons (Fsp3) is 0.462. The van der Waals surface area contributed by atoms with Crippen molar-refractivity contribution >= 4 is 6.29 Å². The lowest BCUT2D eigenvalue weighted by atomic mass is 10.1.